The highest BCUT2D eigenvalue weighted by Crippen LogP contribution is 2.22. The van der Waals surface area contributed by atoms with Crippen molar-refractivity contribution in [2.75, 3.05) is 18.5 Å². The van der Waals surface area contributed by atoms with E-state index in [0.717, 1.165) is 5.56 Å². The van der Waals surface area contributed by atoms with E-state index in [0.29, 0.717) is 16.5 Å². The standard InChI is InChI=1S/C18H17Cl2NO4/c1-3-24-18(23)14-9-12(4-6-16(14)20)21-17(22)10-25-13-5-7-15(19)11(2)8-13/h4-9H,3,10H2,1-2H3,(H,21,22). The molecule has 25 heavy (non-hydrogen) atoms. The fraction of sp³-hybridized carbons (Fsp3) is 0.222. The second-order valence-corrected chi connectivity index (χ2v) is 5.98. The molecular formula is C18H17Cl2NO4. The molecule has 0 fully saturated rings. The van der Waals surface area contributed by atoms with Gasteiger partial charge in [-0.2, -0.15) is 0 Å². The number of nitrogens with one attached hydrogen (secondary N) is 1. The number of amides is 1. The Morgan fingerprint density at radius 3 is 2.48 bits per heavy atom. The van der Waals surface area contributed by atoms with E-state index in [4.69, 9.17) is 32.7 Å². The predicted octanol–water partition coefficient (Wildman–Crippen LogP) is 4.50. The van der Waals surface area contributed by atoms with E-state index >= 15 is 0 Å². The third-order valence-corrected chi connectivity index (χ3v) is 4.00. The van der Waals surface area contributed by atoms with Gasteiger partial charge >= 0.3 is 5.97 Å². The molecule has 7 heteroatoms. The van der Waals surface area contributed by atoms with Crippen LogP contribution in [0.4, 0.5) is 5.69 Å². The van der Waals surface area contributed by atoms with Gasteiger partial charge in [0.2, 0.25) is 0 Å². The Kier molecular flexibility index (Phi) is 6.67. The number of carbonyl (C=O) groups excluding carboxylic acids is 2. The number of carbonyl (C=O) groups is 2. The van der Waals surface area contributed by atoms with Crippen LogP contribution in [-0.2, 0) is 9.53 Å². The van der Waals surface area contributed by atoms with Gasteiger partial charge in [0, 0.05) is 10.7 Å². The Hall–Kier alpha value is -2.24. The van der Waals surface area contributed by atoms with Crippen molar-refractivity contribution in [2.24, 2.45) is 0 Å². The highest BCUT2D eigenvalue weighted by Gasteiger charge is 2.13. The SMILES string of the molecule is CCOC(=O)c1cc(NC(=O)COc2ccc(Cl)c(C)c2)ccc1Cl. The van der Waals surface area contributed by atoms with Gasteiger partial charge in [0.25, 0.3) is 5.91 Å². The lowest BCUT2D eigenvalue weighted by Gasteiger charge is -2.10. The van der Waals surface area contributed by atoms with Crippen LogP contribution in [0.2, 0.25) is 10.0 Å². The molecule has 0 unspecified atom stereocenters. The summed E-state index contributed by atoms with van der Waals surface area (Å²) in [6.07, 6.45) is 0. The maximum atomic E-state index is 12.0. The van der Waals surface area contributed by atoms with Crippen LogP contribution < -0.4 is 10.1 Å². The molecule has 0 bridgehead atoms. The van der Waals surface area contributed by atoms with Gasteiger partial charge in [-0.3, -0.25) is 4.79 Å². The largest absolute Gasteiger partial charge is 0.484 e. The molecule has 132 valence electrons. The Morgan fingerprint density at radius 2 is 1.80 bits per heavy atom. The highest BCUT2D eigenvalue weighted by atomic mass is 35.5. The van der Waals surface area contributed by atoms with Crippen LogP contribution in [0, 0.1) is 6.92 Å². The molecule has 2 aromatic carbocycles. The zero-order valence-corrected chi connectivity index (χ0v) is 15.3. The quantitative estimate of drug-likeness (QED) is 0.748. The summed E-state index contributed by atoms with van der Waals surface area (Å²) in [5.41, 5.74) is 1.47. The van der Waals surface area contributed by atoms with Crippen molar-refractivity contribution in [1.29, 1.82) is 0 Å². The number of rotatable bonds is 6. The molecular weight excluding hydrogens is 365 g/mol. The minimum atomic E-state index is -0.545. The van der Waals surface area contributed by atoms with Crippen molar-refractivity contribution < 1.29 is 19.1 Å². The monoisotopic (exact) mass is 381 g/mol. The minimum Gasteiger partial charge on any atom is -0.484 e. The number of anilines is 1. The first-order valence-corrected chi connectivity index (χ1v) is 8.31. The average molecular weight is 382 g/mol. The number of aryl methyl sites for hydroxylation is 1. The van der Waals surface area contributed by atoms with E-state index in [1.807, 2.05) is 6.92 Å². The molecule has 0 radical (unpaired) electrons. The van der Waals surface area contributed by atoms with E-state index < -0.39 is 5.97 Å². The van der Waals surface area contributed by atoms with Gasteiger partial charge in [0.15, 0.2) is 6.61 Å². The van der Waals surface area contributed by atoms with E-state index in [9.17, 15) is 9.59 Å². The zero-order chi connectivity index (χ0) is 18.4. The van der Waals surface area contributed by atoms with Gasteiger partial charge in [-0.1, -0.05) is 23.2 Å². The zero-order valence-electron chi connectivity index (χ0n) is 13.8. The van der Waals surface area contributed by atoms with E-state index in [2.05, 4.69) is 5.32 Å². The Balaban J connectivity index is 1.99. The normalized spacial score (nSPS) is 10.2. The minimum absolute atomic E-state index is 0.182. The molecule has 0 aromatic heterocycles. The van der Waals surface area contributed by atoms with Crippen molar-refractivity contribution in [2.45, 2.75) is 13.8 Å². The third kappa shape index (κ3) is 5.37. The summed E-state index contributed by atoms with van der Waals surface area (Å²) >= 11 is 11.9. The molecule has 1 N–H and O–H groups in total. The molecule has 0 saturated heterocycles. The van der Waals surface area contributed by atoms with Crippen molar-refractivity contribution in [3.63, 3.8) is 0 Å². The highest BCUT2D eigenvalue weighted by molar-refractivity contribution is 6.33. The van der Waals surface area contributed by atoms with E-state index in [1.54, 1.807) is 31.2 Å². The van der Waals surface area contributed by atoms with Gasteiger partial charge < -0.3 is 14.8 Å². The van der Waals surface area contributed by atoms with Gasteiger partial charge in [0.1, 0.15) is 5.75 Å². The maximum absolute atomic E-state index is 12.0. The molecule has 0 aliphatic carbocycles. The van der Waals surface area contributed by atoms with Crippen LogP contribution in [0.25, 0.3) is 0 Å². The average Bonchev–Trinajstić information content (AvgIpc) is 2.58. The first-order chi connectivity index (χ1) is 11.9. The molecule has 0 spiro atoms. The molecule has 0 atom stereocenters. The fourth-order valence-corrected chi connectivity index (χ4v) is 2.33. The Labute approximate surface area is 155 Å². The molecule has 2 rings (SSSR count). The molecule has 0 saturated carbocycles. The molecule has 0 heterocycles. The van der Waals surface area contributed by atoms with Crippen LogP contribution in [0.15, 0.2) is 36.4 Å². The molecule has 5 nitrogen and oxygen atoms in total. The summed E-state index contributed by atoms with van der Waals surface area (Å²) in [6.45, 7) is 3.60. The van der Waals surface area contributed by atoms with Crippen LogP contribution in [0.3, 0.4) is 0 Å². The smallest absolute Gasteiger partial charge is 0.339 e. The summed E-state index contributed by atoms with van der Waals surface area (Å²) in [5, 5.41) is 3.53. The lowest BCUT2D eigenvalue weighted by atomic mass is 10.2. The van der Waals surface area contributed by atoms with Crippen molar-refractivity contribution in [3.8, 4) is 5.75 Å². The predicted molar refractivity (Wildman–Crippen MR) is 97.7 cm³/mol. The molecule has 0 aliphatic heterocycles. The summed E-state index contributed by atoms with van der Waals surface area (Å²) < 4.78 is 10.4. The van der Waals surface area contributed by atoms with E-state index in [-0.39, 0.29) is 29.7 Å². The first-order valence-electron chi connectivity index (χ1n) is 7.56. The van der Waals surface area contributed by atoms with Gasteiger partial charge in [-0.25, -0.2) is 4.79 Å². The number of halogens is 2. The van der Waals surface area contributed by atoms with Gasteiger partial charge in [0.05, 0.1) is 17.2 Å². The fourth-order valence-electron chi connectivity index (χ4n) is 2.02. The topological polar surface area (TPSA) is 64.6 Å². The molecule has 2 aromatic rings. The van der Waals surface area contributed by atoms with Crippen LogP contribution in [0.1, 0.15) is 22.8 Å². The Bertz CT molecular complexity index is 793. The lowest BCUT2D eigenvalue weighted by molar-refractivity contribution is -0.118. The van der Waals surface area contributed by atoms with Crippen LogP contribution in [-0.4, -0.2) is 25.1 Å². The summed E-state index contributed by atoms with van der Waals surface area (Å²) in [6, 6.07) is 9.71. The van der Waals surface area contributed by atoms with Crippen molar-refractivity contribution in [3.05, 3.63) is 57.6 Å². The lowest BCUT2D eigenvalue weighted by Crippen LogP contribution is -2.20. The molecule has 0 aliphatic rings. The van der Waals surface area contributed by atoms with Crippen molar-refractivity contribution >= 4 is 40.8 Å². The van der Waals surface area contributed by atoms with Gasteiger partial charge in [-0.05, 0) is 55.8 Å². The van der Waals surface area contributed by atoms with Crippen LogP contribution >= 0.6 is 23.2 Å². The molecule has 1 amide bonds. The number of esters is 1. The third-order valence-electron chi connectivity index (χ3n) is 3.24. The first kappa shape index (κ1) is 19.1. The van der Waals surface area contributed by atoms with Crippen LogP contribution in [0.5, 0.6) is 5.75 Å². The van der Waals surface area contributed by atoms with Gasteiger partial charge in [-0.15, -0.1) is 0 Å². The summed E-state index contributed by atoms with van der Waals surface area (Å²) in [4.78, 5) is 23.8. The van der Waals surface area contributed by atoms with E-state index in [1.165, 1.54) is 12.1 Å². The summed E-state index contributed by atoms with van der Waals surface area (Å²) in [7, 11) is 0. The van der Waals surface area contributed by atoms with Crippen molar-refractivity contribution in [1.82, 2.24) is 0 Å². The second-order valence-electron chi connectivity index (χ2n) is 5.16. The second kappa shape index (κ2) is 8.74. The number of hydrogen-bond donors (Lipinski definition) is 1. The Morgan fingerprint density at radius 1 is 1.08 bits per heavy atom. The number of benzene rings is 2. The summed E-state index contributed by atoms with van der Waals surface area (Å²) in [5.74, 6) is -0.374. The number of hydrogen-bond acceptors (Lipinski definition) is 4. The maximum Gasteiger partial charge on any atom is 0.339 e. The number of ether oxygens (including phenoxy) is 2.